The second-order valence-corrected chi connectivity index (χ2v) is 8.29. The Morgan fingerprint density at radius 2 is 1.72 bits per heavy atom. The molecule has 0 heterocycles. The van der Waals surface area contributed by atoms with Crippen molar-refractivity contribution in [2.24, 2.45) is 0 Å². The molecule has 0 saturated heterocycles. The van der Waals surface area contributed by atoms with Gasteiger partial charge in [0, 0.05) is 27.2 Å². The van der Waals surface area contributed by atoms with E-state index in [4.69, 9.17) is 11.6 Å². The molecule has 134 valence electrons. The van der Waals surface area contributed by atoms with Crippen LogP contribution in [-0.4, -0.2) is 44.2 Å². The molecule has 0 saturated carbocycles. The highest BCUT2D eigenvalue weighted by Crippen LogP contribution is 2.24. The molecule has 1 amide bonds. The fraction of sp³-hybridized carbons (Fsp3) is 0.278. The summed E-state index contributed by atoms with van der Waals surface area (Å²) in [5.41, 5.74) is 1.17. The van der Waals surface area contributed by atoms with E-state index in [9.17, 15) is 13.2 Å². The lowest BCUT2D eigenvalue weighted by atomic mass is 10.1. The quantitative estimate of drug-likeness (QED) is 0.772. The average molecular weight is 381 g/mol. The molecule has 0 aliphatic carbocycles. The fourth-order valence-corrected chi connectivity index (χ4v) is 3.47. The first-order valence-electron chi connectivity index (χ1n) is 7.82. The van der Waals surface area contributed by atoms with E-state index in [1.54, 1.807) is 4.90 Å². The van der Waals surface area contributed by atoms with Gasteiger partial charge >= 0.3 is 0 Å². The number of sulfonamides is 1. The van der Waals surface area contributed by atoms with Gasteiger partial charge in [-0.1, -0.05) is 41.9 Å². The molecule has 0 radical (unpaired) electrons. The smallest absolute Gasteiger partial charge is 0.255 e. The third-order valence-electron chi connectivity index (χ3n) is 3.83. The predicted molar refractivity (Wildman–Crippen MR) is 99.2 cm³/mol. The highest BCUT2D eigenvalue weighted by atomic mass is 35.5. The van der Waals surface area contributed by atoms with Gasteiger partial charge in [-0.25, -0.2) is 12.7 Å². The van der Waals surface area contributed by atoms with E-state index in [0.717, 1.165) is 9.87 Å². The summed E-state index contributed by atoms with van der Waals surface area (Å²) in [6.45, 7) is 2.78. The van der Waals surface area contributed by atoms with Crippen molar-refractivity contribution < 1.29 is 13.2 Å². The first-order valence-corrected chi connectivity index (χ1v) is 9.64. The van der Waals surface area contributed by atoms with Crippen LogP contribution in [0, 0.1) is 0 Å². The molecule has 0 unspecified atom stereocenters. The molecular weight excluding hydrogens is 360 g/mol. The van der Waals surface area contributed by atoms with Gasteiger partial charge in [-0.3, -0.25) is 4.79 Å². The van der Waals surface area contributed by atoms with Gasteiger partial charge < -0.3 is 4.90 Å². The van der Waals surface area contributed by atoms with Crippen LogP contribution in [0.2, 0.25) is 5.02 Å². The van der Waals surface area contributed by atoms with E-state index >= 15 is 0 Å². The molecule has 0 fully saturated rings. The Labute approximate surface area is 153 Å². The highest BCUT2D eigenvalue weighted by Gasteiger charge is 2.23. The molecule has 0 N–H and O–H groups in total. The van der Waals surface area contributed by atoms with E-state index in [-0.39, 0.29) is 21.4 Å². The van der Waals surface area contributed by atoms with Crippen LogP contribution in [-0.2, 0) is 16.6 Å². The molecule has 0 spiro atoms. The summed E-state index contributed by atoms with van der Waals surface area (Å²) in [5, 5.41) is 0.231. The Balaban J connectivity index is 2.37. The third kappa shape index (κ3) is 4.39. The molecule has 7 heteroatoms. The largest absolute Gasteiger partial charge is 0.335 e. The molecule has 2 aromatic carbocycles. The lowest BCUT2D eigenvalue weighted by molar-refractivity contribution is 0.0752. The fourth-order valence-electron chi connectivity index (χ4n) is 2.34. The van der Waals surface area contributed by atoms with Crippen LogP contribution in [0.15, 0.2) is 53.4 Å². The maximum absolute atomic E-state index is 12.9. The topological polar surface area (TPSA) is 57.7 Å². The van der Waals surface area contributed by atoms with Crippen LogP contribution in [0.3, 0.4) is 0 Å². The molecule has 0 atom stereocenters. The van der Waals surface area contributed by atoms with Crippen LogP contribution in [0.1, 0.15) is 22.8 Å². The number of benzene rings is 2. The summed E-state index contributed by atoms with van der Waals surface area (Å²) >= 11 is 6.17. The summed E-state index contributed by atoms with van der Waals surface area (Å²) in [6, 6.07) is 13.8. The molecule has 2 aromatic rings. The molecular formula is C18H21ClN2O3S. The Morgan fingerprint density at radius 3 is 2.28 bits per heavy atom. The average Bonchev–Trinajstić information content (AvgIpc) is 2.60. The Morgan fingerprint density at radius 1 is 1.08 bits per heavy atom. The number of hydrogen-bond acceptors (Lipinski definition) is 3. The number of hydrogen-bond donors (Lipinski definition) is 0. The van der Waals surface area contributed by atoms with Crippen molar-refractivity contribution in [2.75, 3.05) is 20.6 Å². The zero-order chi connectivity index (χ0) is 18.6. The maximum Gasteiger partial charge on any atom is 0.255 e. The van der Waals surface area contributed by atoms with Crippen LogP contribution < -0.4 is 0 Å². The number of rotatable bonds is 6. The second-order valence-electron chi connectivity index (χ2n) is 5.73. The van der Waals surface area contributed by atoms with Crippen molar-refractivity contribution >= 4 is 27.5 Å². The zero-order valence-electron chi connectivity index (χ0n) is 14.4. The summed E-state index contributed by atoms with van der Waals surface area (Å²) in [6.07, 6.45) is 0. The first-order chi connectivity index (χ1) is 11.8. The maximum atomic E-state index is 12.9. The molecule has 0 aromatic heterocycles. The summed E-state index contributed by atoms with van der Waals surface area (Å²) in [4.78, 5) is 14.6. The standard InChI is InChI=1S/C18H21ClN2O3S/c1-4-21(13-14-8-6-5-7-9-14)18(22)16-12-15(10-11-17(16)19)25(23,24)20(2)3/h5-12H,4,13H2,1-3H3. The molecule has 25 heavy (non-hydrogen) atoms. The van der Waals surface area contributed by atoms with Crippen molar-refractivity contribution in [3.8, 4) is 0 Å². The zero-order valence-corrected chi connectivity index (χ0v) is 16.0. The molecule has 2 rings (SSSR count). The minimum absolute atomic E-state index is 0.0426. The highest BCUT2D eigenvalue weighted by molar-refractivity contribution is 7.89. The number of nitrogens with zero attached hydrogens (tertiary/aromatic N) is 2. The van der Waals surface area contributed by atoms with Crippen molar-refractivity contribution in [1.82, 2.24) is 9.21 Å². The van der Waals surface area contributed by atoms with E-state index in [1.165, 1.54) is 32.3 Å². The van der Waals surface area contributed by atoms with E-state index < -0.39 is 10.0 Å². The van der Waals surface area contributed by atoms with Crippen molar-refractivity contribution in [3.05, 3.63) is 64.7 Å². The van der Waals surface area contributed by atoms with Gasteiger partial charge in [-0.05, 0) is 30.7 Å². The van der Waals surface area contributed by atoms with Crippen LogP contribution in [0.4, 0.5) is 0 Å². The lowest BCUT2D eigenvalue weighted by Crippen LogP contribution is -2.31. The Kier molecular flexibility index (Phi) is 6.21. The van der Waals surface area contributed by atoms with E-state index in [2.05, 4.69) is 0 Å². The van der Waals surface area contributed by atoms with Gasteiger partial charge in [0.2, 0.25) is 10.0 Å². The van der Waals surface area contributed by atoms with Crippen LogP contribution in [0.5, 0.6) is 0 Å². The molecule has 0 aliphatic heterocycles. The lowest BCUT2D eigenvalue weighted by Gasteiger charge is -2.22. The molecule has 5 nitrogen and oxygen atoms in total. The van der Waals surface area contributed by atoms with Gasteiger partial charge in [0.15, 0.2) is 0 Å². The normalized spacial score (nSPS) is 11.6. The number of carbonyl (C=O) groups is 1. The molecule has 0 bridgehead atoms. The van der Waals surface area contributed by atoms with E-state index in [0.29, 0.717) is 13.1 Å². The van der Waals surface area contributed by atoms with Gasteiger partial charge in [0.1, 0.15) is 0 Å². The summed E-state index contributed by atoms with van der Waals surface area (Å²) in [7, 11) is -0.750. The van der Waals surface area contributed by atoms with Crippen molar-refractivity contribution in [3.63, 3.8) is 0 Å². The number of carbonyl (C=O) groups excluding carboxylic acids is 1. The second kappa shape index (κ2) is 7.99. The predicted octanol–water partition coefficient (Wildman–Crippen LogP) is 3.25. The minimum atomic E-state index is -3.64. The van der Waals surface area contributed by atoms with Crippen molar-refractivity contribution in [1.29, 1.82) is 0 Å². The first kappa shape index (κ1) is 19.4. The van der Waals surface area contributed by atoms with Crippen molar-refractivity contribution in [2.45, 2.75) is 18.4 Å². The molecule has 0 aliphatic rings. The van der Waals surface area contributed by atoms with Crippen LogP contribution >= 0.6 is 11.6 Å². The third-order valence-corrected chi connectivity index (χ3v) is 5.97. The monoisotopic (exact) mass is 380 g/mol. The summed E-state index contributed by atoms with van der Waals surface area (Å²) < 4.78 is 25.7. The SMILES string of the molecule is CCN(Cc1ccccc1)C(=O)c1cc(S(=O)(=O)N(C)C)ccc1Cl. The number of amides is 1. The van der Waals surface area contributed by atoms with E-state index in [1.807, 2.05) is 37.3 Å². The van der Waals surface area contributed by atoms with Gasteiger partial charge in [0.05, 0.1) is 15.5 Å². The van der Waals surface area contributed by atoms with Gasteiger partial charge in [-0.2, -0.15) is 0 Å². The van der Waals surface area contributed by atoms with Gasteiger partial charge in [0.25, 0.3) is 5.91 Å². The number of halogens is 1. The Bertz CT molecular complexity index is 852. The summed E-state index contributed by atoms with van der Waals surface area (Å²) in [5.74, 6) is -0.299. The van der Waals surface area contributed by atoms with Gasteiger partial charge in [-0.15, -0.1) is 0 Å². The minimum Gasteiger partial charge on any atom is -0.335 e. The Hall–Kier alpha value is -1.89. The van der Waals surface area contributed by atoms with Crippen LogP contribution in [0.25, 0.3) is 0 Å².